The van der Waals surface area contributed by atoms with Gasteiger partial charge in [-0.1, -0.05) is 22.9 Å². The maximum absolute atomic E-state index is 12.4. The molecule has 0 aromatic rings. The zero-order valence-corrected chi connectivity index (χ0v) is 21.5. The third kappa shape index (κ3) is 2.48. The van der Waals surface area contributed by atoms with Crippen molar-refractivity contribution in [3.05, 3.63) is 0 Å². The summed E-state index contributed by atoms with van der Waals surface area (Å²) in [6.07, 6.45) is 5.23. The Morgan fingerprint density at radius 2 is 1.91 bits per heavy atom. The number of halogens is 1. The lowest BCUT2D eigenvalue weighted by atomic mass is 9.43. The van der Waals surface area contributed by atoms with Crippen molar-refractivity contribution in [1.29, 1.82) is 0 Å². The molecule has 34 heavy (non-hydrogen) atoms. The Bertz CT molecular complexity index is 889. The quantitative estimate of drug-likeness (QED) is 0.399. The van der Waals surface area contributed by atoms with Crippen LogP contribution in [0, 0.1) is 28.6 Å². The van der Waals surface area contributed by atoms with Crippen LogP contribution in [-0.2, 0) is 33.2 Å². The van der Waals surface area contributed by atoms with Gasteiger partial charge < -0.3 is 33.5 Å². The fourth-order valence-electron chi connectivity index (χ4n) is 10.1. The van der Waals surface area contributed by atoms with Gasteiger partial charge in [0.2, 0.25) is 5.79 Å². The molecule has 3 aliphatic heterocycles. The standard InChI is InChI=1S/C25H35BrO8/c1-14(27)34-18-9-21(2)17(4-6-24(21)25(33-13-31-24)11-29-12-32-25)16-7-19-23(26)8-15(28)3-5-22(23,10-30-19)20(16)18/h15-20,28H,3-13H2,1-2H3/t15-,16-,17-,18-,19+,20+,21-,22-,23-,24+,25?/m0/s1. The van der Waals surface area contributed by atoms with Crippen molar-refractivity contribution in [3.63, 3.8) is 0 Å². The van der Waals surface area contributed by atoms with Gasteiger partial charge >= 0.3 is 5.97 Å². The average molecular weight is 543 g/mol. The maximum atomic E-state index is 12.4. The monoisotopic (exact) mass is 542 g/mol. The summed E-state index contributed by atoms with van der Waals surface area (Å²) in [5, 5.41) is 10.6. The maximum Gasteiger partial charge on any atom is 0.302 e. The van der Waals surface area contributed by atoms with E-state index in [9.17, 15) is 9.90 Å². The van der Waals surface area contributed by atoms with Gasteiger partial charge in [-0.2, -0.15) is 0 Å². The Balaban J connectivity index is 1.34. The number of ether oxygens (including phenoxy) is 6. The number of rotatable bonds is 1. The molecule has 0 radical (unpaired) electrons. The van der Waals surface area contributed by atoms with Gasteiger partial charge in [0.1, 0.15) is 18.3 Å². The van der Waals surface area contributed by atoms with Crippen molar-refractivity contribution in [2.75, 3.05) is 26.8 Å². The minimum Gasteiger partial charge on any atom is -0.462 e. The molecule has 0 aromatic carbocycles. The number of alkyl halides is 1. The highest BCUT2D eigenvalue weighted by Crippen LogP contribution is 2.75. The van der Waals surface area contributed by atoms with Crippen molar-refractivity contribution in [2.45, 2.75) is 92.8 Å². The summed E-state index contributed by atoms with van der Waals surface area (Å²) in [4.78, 5) is 12.4. The highest BCUT2D eigenvalue weighted by molar-refractivity contribution is 9.10. The first-order valence-electron chi connectivity index (χ1n) is 12.9. The molecule has 2 spiro atoms. The molecule has 3 saturated heterocycles. The van der Waals surface area contributed by atoms with Crippen LogP contribution in [0.4, 0.5) is 0 Å². The lowest BCUT2D eigenvalue weighted by molar-refractivity contribution is -0.262. The zero-order chi connectivity index (χ0) is 23.6. The lowest BCUT2D eigenvalue weighted by Crippen LogP contribution is -2.70. The van der Waals surface area contributed by atoms with Gasteiger partial charge in [0.15, 0.2) is 13.6 Å². The van der Waals surface area contributed by atoms with Crippen molar-refractivity contribution in [3.8, 4) is 0 Å². The average Bonchev–Trinajstić information content (AvgIpc) is 3.49. The SMILES string of the molecule is CC(=O)O[C@H]1C[C@@]2(C)[C@@H](CC[C@@]23OCOC32COCO2)[C@@H]2C[C@H]3OC[C@@]4(CC[C@H](O)C[C@]34Br)[C@H]21. The van der Waals surface area contributed by atoms with Crippen LogP contribution in [-0.4, -0.2) is 71.9 Å². The molecule has 7 fully saturated rings. The molecule has 8 nitrogen and oxygen atoms in total. The van der Waals surface area contributed by atoms with Crippen molar-refractivity contribution in [1.82, 2.24) is 0 Å². The second kappa shape index (κ2) is 7.17. The molecule has 7 rings (SSSR count). The highest BCUT2D eigenvalue weighted by Gasteiger charge is 2.80. The van der Waals surface area contributed by atoms with Crippen LogP contribution >= 0.6 is 15.9 Å². The summed E-state index contributed by atoms with van der Waals surface area (Å²) < 4.78 is 36.9. The Kier molecular flexibility index (Phi) is 4.83. The zero-order valence-electron chi connectivity index (χ0n) is 19.9. The van der Waals surface area contributed by atoms with Crippen molar-refractivity contribution in [2.24, 2.45) is 28.6 Å². The molecule has 4 saturated carbocycles. The van der Waals surface area contributed by atoms with E-state index in [2.05, 4.69) is 22.9 Å². The summed E-state index contributed by atoms with van der Waals surface area (Å²) in [5.41, 5.74) is -1.09. The number of aliphatic hydroxyl groups excluding tert-OH is 1. The molecular weight excluding hydrogens is 508 g/mol. The number of esters is 1. The van der Waals surface area contributed by atoms with Gasteiger partial charge in [-0.15, -0.1) is 0 Å². The molecule has 3 heterocycles. The molecule has 7 aliphatic rings. The van der Waals surface area contributed by atoms with Crippen molar-refractivity contribution < 1.29 is 38.3 Å². The van der Waals surface area contributed by atoms with E-state index in [1.807, 2.05) is 0 Å². The molecule has 9 heteroatoms. The van der Waals surface area contributed by atoms with Crippen LogP contribution in [0.2, 0.25) is 0 Å². The van der Waals surface area contributed by atoms with E-state index in [1.54, 1.807) is 0 Å². The number of hydrogen-bond acceptors (Lipinski definition) is 8. The number of carbonyl (C=O) groups is 1. The first-order valence-corrected chi connectivity index (χ1v) is 13.7. The van der Waals surface area contributed by atoms with Gasteiger partial charge in [0, 0.05) is 23.7 Å². The van der Waals surface area contributed by atoms with Crippen LogP contribution in [0.1, 0.15) is 58.8 Å². The lowest BCUT2D eigenvalue weighted by Gasteiger charge is -2.65. The van der Waals surface area contributed by atoms with Gasteiger partial charge in [0.05, 0.1) is 23.1 Å². The first kappa shape index (κ1) is 22.9. The van der Waals surface area contributed by atoms with Crippen LogP contribution in [0.5, 0.6) is 0 Å². The molecule has 4 aliphatic carbocycles. The van der Waals surface area contributed by atoms with Crippen LogP contribution < -0.4 is 0 Å². The second-order valence-corrected chi connectivity index (χ2v) is 13.6. The number of carbonyl (C=O) groups excluding carboxylic acids is 1. The third-order valence-corrected chi connectivity index (χ3v) is 12.8. The highest BCUT2D eigenvalue weighted by atomic mass is 79.9. The van der Waals surface area contributed by atoms with Crippen molar-refractivity contribution >= 4 is 21.9 Å². The molecule has 11 atom stereocenters. The summed E-state index contributed by atoms with van der Waals surface area (Å²) in [7, 11) is 0. The van der Waals surface area contributed by atoms with Gasteiger partial charge in [-0.25, -0.2) is 0 Å². The fraction of sp³-hybridized carbons (Fsp3) is 0.960. The molecule has 0 amide bonds. The van der Waals surface area contributed by atoms with Crippen LogP contribution in [0.25, 0.3) is 0 Å². The van der Waals surface area contributed by atoms with Gasteiger partial charge in [-0.3, -0.25) is 4.79 Å². The minimum atomic E-state index is -0.902. The smallest absolute Gasteiger partial charge is 0.302 e. The molecule has 190 valence electrons. The van der Waals surface area contributed by atoms with E-state index in [0.717, 1.165) is 32.1 Å². The van der Waals surface area contributed by atoms with E-state index >= 15 is 0 Å². The molecule has 2 bridgehead atoms. The minimum absolute atomic E-state index is 0.0429. The van der Waals surface area contributed by atoms with E-state index in [4.69, 9.17) is 28.4 Å². The molecule has 1 N–H and O–H groups in total. The topological polar surface area (TPSA) is 92.7 Å². The number of hydrogen-bond donors (Lipinski definition) is 1. The van der Waals surface area contributed by atoms with E-state index in [0.29, 0.717) is 37.9 Å². The summed E-state index contributed by atoms with van der Waals surface area (Å²) >= 11 is 4.14. The second-order valence-electron chi connectivity index (χ2n) is 12.2. The Hall–Kier alpha value is -0.290. The normalized spacial score (nSPS) is 59.8. The third-order valence-electron chi connectivity index (χ3n) is 11.2. The first-order chi connectivity index (χ1) is 16.2. The Morgan fingerprint density at radius 1 is 1.09 bits per heavy atom. The predicted molar refractivity (Wildman–Crippen MR) is 121 cm³/mol. The predicted octanol–water partition coefficient (Wildman–Crippen LogP) is 2.88. The van der Waals surface area contributed by atoms with E-state index in [1.165, 1.54) is 6.92 Å². The summed E-state index contributed by atoms with van der Waals surface area (Å²) in [6, 6.07) is 0. The van der Waals surface area contributed by atoms with Crippen LogP contribution in [0.15, 0.2) is 0 Å². The summed E-state index contributed by atoms with van der Waals surface area (Å²) in [6.45, 7) is 5.23. The van der Waals surface area contributed by atoms with E-state index < -0.39 is 11.4 Å². The van der Waals surface area contributed by atoms with Crippen LogP contribution in [0.3, 0.4) is 0 Å². The molecule has 1 unspecified atom stereocenters. The Morgan fingerprint density at radius 3 is 2.68 bits per heavy atom. The summed E-state index contributed by atoms with van der Waals surface area (Å²) in [5.74, 6) is -0.267. The Labute approximate surface area is 208 Å². The molecule has 0 aromatic heterocycles. The van der Waals surface area contributed by atoms with Gasteiger partial charge in [-0.05, 0) is 56.8 Å². The molecular formula is C25H35BrO8. The van der Waals surface area contributed by atoms with Gasteiger partial charge in [0.25, 0.3) is 0 Å². The largest absolute Gasteiger partial charge is 0.462 e. The number of aliphatic hydroxyl groups is 1. The fourth-order valence-corrected chi connectivity index (χ4v) is 11.3. The van der Waals surface area contributed by atoms with E-state index in [-0.39, 0.29) is 58.9 Å². The number of fused-ring (bicyclic) bond motifs is 5.